The quantitative estimate of drug-likeness (QED) is 0.745. The molecule has 0 atom stereocenters. The minimum Gasteiger partial charge on any atom is -0.484 e. The van der Waals surface area contributed by atoms with E-state index in [4.69, 9.17) is 16.3 Å². The van der Waals surface area contributed by atoms with E-state index in [9.17, 15) is 9.59 Å². The van der Waals surface area contributed by atoms with Crippen molar-refractivity contribution in [1.82, 2.24) is 4.90 Å². The second-order valence-corrected chi connectivity index (χ2v) is 9.25. The van der Waals surface area contributed by atoms with Gasteiger partial charge in [0.1, 0.15) is 5.75 Å². The average Bonchev–Trinajstić information content (AvgIpc) is 2.72. The van der Waals surface area contributed by atoms with Gasteiger partial charge in [-0.05, 0) is 37.3 Å². The van der Waals surface area contributed by atoms with Gasteiger partial charge in [-0.1, -0.05) is 50.1 Å². The minimum atomic E-state index is -0.372. The smallest absolute Gasteiger partial charge is 0.262 e. The van der Waals surface area contributed by atoms with E-state index < -0.39 is 0 Å². The van der Waals surface area contributed by atoms with E-state index in [0.29, 0.717) is 29.5 Å². The van der Waals surface area contributed by atoms with E-state index >= 15 is 0 Å². The van der Waals surface area contributed by atoms with Crippen LogP contribution < -0.4 is 15.0 Å². The number of amides is 2. The Morgan fingerprint density at radius 1 is 1.03 bits per heavy atom. The first-order chi connectivity index (χ1) is 14.6. The monoisotopic (exact) mass is 443 g/mol. The fourth-order valence-electron chi connectivity index (χ4n) is 3.45. The maximum absolute atomic E-state index is 12.5. The van der Waals surface area contributed by atoms with Crippen LogP contribution in [0.1, 0.15) is 26.3 Å². The number of hydrogen-bond acceptors (Lipinski definition) is 4. The van der Waals surface area contributed by atoms with Crippen LogP contribution in [-0.4, -0.2) is 49.5 Å². The molecule has 7 heteroatoms. The van der Waals surface area contributed by atoms with E-state index in [0.717, 1.165) is 24.3 Å². The van der Waals surface area contributed by atoms with Crippen molar-refractivity contribution in [3.8, 4) is 5.75 Å². The second-order valence-electron chi connectivity index (χ2n) is 8.85. The van der Waals surface area contributed by atoms with Crippen LogP contribution in [0.15, 0.2) is 42.5 Å². The van der Waals surface area contributed by atoms with E-state index in [2.05, 4.69) is 10.2 Å². The van der Waals surface area contributed by atoms with Crippen LogP contribution in [0, 0.1) is 12.3 Å². The first kappa shape index (κ1) is 22.9. The lowest BCUT2D eigenvalue weighted by atomic mass is 9.94. The molecular weight excluding hydrogens is 414 g/mol. The molecule has 6 nitrogen and oxygen atoms in total. The topological polar surface area (TPSA) is 61.9 Å². The molecule has 1 saturated heterocycles. The van der Waals surface area contributed by atoms with E-state index in [1.165, 1.54) is 0 Å². The summed E-state index contributed by atoms with van der Waals surface area (Å²) in [5, 5.41) is 3.38. The number of nitrogens with one attached hydrogen (secondary N) is 1. The molecule has 1 fully saturated rings. The van der Waals surface area contributed by atoms with Gasteiger partial charge in [0.15, 0.2) is 6.61 Å². The fraction of sp³-hybridized carbons (Fsp3) is 0.417. The fourth-order valence-corrected chi connectivity index (χ4v) is 3.75. The van der Waals surface area contributed by atoms with Crippen molar-refractivity contribution < 1.29 is 14.3 Å². The van der Waals surface area contributed by atoms with Gasteiger partial charge in [-0.3, -0.25) is 9.59 Å². The van der Waals surface area contributed by atoms with Crippen LogP contribution >= 0.6 is 11.6 Å². The molecular formula is C24H30ClN3O3. The summed E-state index contributed by atoms with van der Waals surface area (Å²) in [4.78, 5) is 28.7. The van der Waals surface area contributed by atoms with Crippen molar-refractivity contribution in [2.45, 2.75) is 27.7 Å². The Balaban J connectivity index is 1.53. The number of carbonyl (C=O) groups is 2. The number of hydrogen-bond donors (Lipinski definition) is 1. The predicted octanol–water partition coefficient (Wildman–Crippen LogP) is 4.36. The zero-order chi connectivity index (χ0) is 22.6. The standard InChI is InChI=1S/C24H30ClN3O3/c1-17-5-8-19(9-6-17)31-16-22(29)26-18-7-10-21(20(25)15-18)27-11-13-28(14-12-27)23(30)24(2,3)4/h5-10,15H,11-14,16H2,1-4H3,(H,26,29). The summed E-state index contributed by atoms with van der Waals surface area (Å²) in [7, 11) is 0. The van der Waals surface area contributed by atoms with Gasteiger partial charge < -0.3 is 19.9 Å². The van der Waals surface area contributed by atoms with E-state index in [1.807, 2.05) is 69.0 Å². The van der Waals surface area contributed by atoms with E-state index in [-0.39, 0.29) is 23.8 Å². The number of nitrogens with zero attached hydrogens (tertiary/aromatic N) is 2. The Morgan fingerprint density at radius 2 is 1.68 bits per heavy atom. The first-order valence-corrected chi connectivity index (χ1v) is 10.8. The summed E-state index contributed by atoms with van der Waals surface area (Å²) in [5.74, 6) is 0.570. The Bertz CT molecular complexity index is 930. The van der Waals surface area contributed by atoms with Crippen LogP contribution in [-0.2, 0) is 9.59 Å². The van der Waals surface area contributed by atoms with Crippen molar-refractivity contribution in [3.05, 3.63) is 53.1 Å². The third kappa shape index (κ3) is 6.14. The summed E-state index contributed by atoms with van der Waals surface area (Å²) in [5.41, 5.74) is 2.28. The molecule has 3 rings (SSSR count). The Kier molecular flexibility index (Phi) is 7.11. The third-order valence-electron chi connectivity index (χ3n) is 5.17. The number of rotatable bonds is 5. The number of halogens is 1. The van der Waals surface area contributed by atoms with Crippen LogP contribution in [0.4, 0.5) is 11.4 Å². The lowest BCUT2D eigenvalue weighted by molar-refractivity contribution is -0.139. The number of carbonyl (C=O) groups excluding carboxylic acids is 2. The maximum atomic E-state index is 12.5. The number of piperazine rings is 1. The van der Waals surface area contributed by atoms with Crippen molar-refractivity contribution in [2.75, 3.05) is 43.0 Å². The maximum Gasteiger partial charge on any atom is 0.262 e. The highest BCUT2D eigenvalue weighted by molar-refractivity contribution is 6.33. The van der Waals surface area contributed by atoms with Gasteiger partial charge in [0.25, 0.3) is 5.91 Å². The lowest BCUT2D eigenvalue weighted by Gasteiger charge is -2.39. The second kappa shape index (κ2) is 9.60. The zero-order valence-electron chi connectivity index (χ0n) is 18.6. The molecule has 0 unspecified atom stereocenters. The predicted molar refractivity (Wildman–Crippen MR) is 125 cm³/mol. The van der Waals surface area contributed by atoms with Gasteiger partial charge in [-0.15, -0.1) is 0 Å². The number of anilines is 2. The van der Waals surface area contributed by atoms with Gasteiger partial charge in [0, 0.05) is 37.3 Å². The molecule has 166 valence electrons. The Labute approximate surface area is 189 Å². The molecule has 1 N–H and O–H groups in total. The molecule has 0 radical (unpaired) electrons. The summed E-state index contributed by atoms with van der Waals surface area (Å²) < 4.78 is 5.51. The molecule has 0 bridgehead atoms. The number of benzene rings is 2. The van der Waals surface area contributed by atoms with Crippen LogP contribution in [0.5, 0.6) is 5.75 Å². The molecule has 0 aliphatic carbocycles. The molecule has 1 heterocycles. The van der Waals surface area contributed by atoms with Crippen molar-refractivity contribution in [2.24, 2.45) is 5.41 Å². The van der Waals surface area contributed by atoms with Gasteiger partial charge in [0.05, 0.1) is 10.7 Å². The highest BCUT2D eigenvalue weighted by Crippen LogP contribution is 2.30. The lowest BCUT2D eigenvalue weighted by Crippen LogP contribution is -2.51. The van der Waals surface area contributed by atoms with Crippen LogP contribution in [0.3, 0.4) is 0 Å². The van der Waals surface area contributed by atoms with Crippen molar-refractivity contribution >= 4 is 34.8 Å². The molecule has 1 aliphatic heterocycles. The molecule has 0 spiro atoms. The van der Waals surface area contributed by atoms with Crippen LogP contribution in [0.25, 0.3) is 0 Å². The highest BCUT2D eigenvalue weighted by atomic mass is 35.5. The normalized spacial score (nSPS) is 14.4. The molecule has 0 aromatic heterocycles. The number of aryl methyl sites for hydroxylation is 1. The van der Waals surface area contributed by atoms with Gasteiger partial charge in [0.2, 0.25) is 5.91 Å². The molecule has 2 amide bonds. The Morgan fingerprint density at radius 3 is 2.26 bits per heavy atom. The van der Waals surface area contributed by atoms with Gasteiger partial charge >= 0.3 is 0 Å². The molecule has 0 saturated carbocycles. The van der Waals surface area contributed by atoms with E-state index in [1.54, 1.807) is 6.07 Å². The van der Waals surface area contributed by atoms with Crippen molar-refractivity contribution in [1.29, 1.82) is 0 Å². The summed E-state index contributed by atoms with van der Waals surface area (Å²) in [6.45, 7) is 10.5. The minimum absolute atomic E-state index is 0.0772. The largest absolute Gasteiger partial charge is 0.484 e. The Hall–Kier alpha value is -2.73. The number of ether oxygens (including phenoxy) is 1. The zero-order valence-corrected chi connectivity index (χ0v) is 19.3. The molecule has 2 aromatic rings. The van der Waals surface area contributed by atoms with Crippen molar-refractivity contribution in [3.63, 3.8) is 0 Å². The SMILES string of the molecule is Cc1ccc(OCC(=O)Nc2ccc(N3CCN(C(=O)C(C)(C)C)CC3)c(Cl)c2)cc1. The first-order valence-electron chi connectivity index (χ1n) is 10.5. The van der Waals surface area contributed by atoms with Gasteiger partial charge in [-0.2, -0.15) is 0 Å². The summed E-state index contributed by atoms with van der Waals surface area (Å²) in [6.07, 6.45) is 0. The molecule has 1 aliphatic rings. The van der Waals surface area contributed by atoms with Gasteiger partial charge in [-0.25, -0.2) is 0 Å². The summed E-state index contributed by atoms with van der Waals surface area (Å²) >= 11 is 6.50. The molecule has 2 aromatic carbocycles. The molecule has 31 heavy (non-hydrogen) atoms. The average molecular weight is 444 g/mol. The third-order valence-corrected chi connectivity index (χ3v) is 5.47. The highest BCUT2D eigenvalue weighted by Gasteiger charge is 2.30. The summed E-state index contributed by atoms with van der Waals surface area (Å²) in [6, 6.07) is 13.0. The van der Waals surface area contributed by atoms with Crippen LogP contribution in [0.2, 0.25) is 5.02 Å².